The molecule has 0 aliphatic carbocycles. The fraction of sp³-hybridized carbons (Fsp3) is 0.200. The van der Waals surface area contributed by atoms with Gasteiger partial charge in [-0.05, 0) is 19.1 Å². The first-order valence-electron chi connectivity index (χ1n) is 4.68. The zero-order valence-electron chi connectivity index (χ0n) is 8.37. The third kappa shape index (κ3) is 2.07. The molecular weight excluding hydrogens is 192 g/mol. The van der Waals surface area contributed by atoms with Gasteiger partial charge in [0.2, 0.25) is 0 Å². The summed E-state index contributed by atoms with van der Waals surface area (Å²) in [6.45, 7) is 2.41. The number of rotatable bonds is 3. The Morgan fingerprint density at radius 2 is 2.47 bits per heavy atom. The van der Waals surface area contributed by atoms with E-state index >= 15 is 0 Å². The van der Waals surface area contributed by atoms with Gasteiger partial charge in [0.25, 0.3) is 5.91 Å². The summed E-state index contributed by atoms with van der Waals surface area (Å²) >= 11 is 0. The molecule has 2 aromatic rings. The third-order valence-corrected chi connectivity index (χ3v) is 2.22. The van der Waals surface area contributed by atoms with Crippen LogP contribution in [0.15, 0.2) is 24.5 Å². The number of H-pyrrole nitrogens is 2. The quantitative estimate of drug-likeness (QED) is 0.697. The van der Waals surface area contributed by atoms with Crippen LogP contribution in [-0.2, 0) is 6.54 Å². The second-order valence-electron chi connectivity index (χ2n) is 3.29. The minimum absolute atomic E-state index is 0.111. The van der Waals surface area contributed by atoms with Crippen LogP contribution in [0.1, 0.15) is 21.7 Å². The molecule has 0 bridgehead atoms. The van der Waals surface area contributed by atoms with Crippen molar-refractivity contribution in [1.82, 2.24) is 20.5 Å². The lowest BCUT2D eigenvalue weighted by molar-refractivity contribution is 0.0946. The topological polar surface area (TPSA) is 73.6 Å². The number of hydrogen-bond acceptors (Lipinski definition) is 2. The Morgan fingerprint density at radius 3 is 3.07 bits per heavy atom. The van der Waals surface area contributed by atoms with Gasteiger partial charge in [-0.25, -0.2) is 0 Å². The van der Waals surface area contributed by atoms with E-state index in [0.717, 1.165) is 11.3 Å². The molecule has 0 aliphatic rings. The van der Waals surface area contributed by atoms with Crippen LogP contribution in [0.3, 0.4) is 0 Å². The Hall–Kier alpha value is -2.04. The third-order valence-electron chi connectivity index (χ3n) is 2.22. The zero-order chi connectivity index (χ0) is 10.7. The van der Waals surface area contributed by atoms with Gasteiger partial charge in [-0.1, -0.05) is 0 Å². The lowest BCUT2D eigenvalue weighted by atomic mass is 10.2. The predicted molar refractivity (Wildman–Crippen MR) is 55.3 cm³/mol. The van der Waals surface area contributed by atoms with Gasteiger partial charge in [-0.15, -0.1) is 0 Å². The van der Waals surface area contributed by atoms with Crippen molar-refractivity contribution in [2.24, 2.45) is 0 Å². The van der Waals surface area contributed by atoms with E-state index in [-0.39, 0.29) is 5.91 Å². The lowest BCUT2D eigenvalue weighted by Crippen LogP contribution is -2.23. The summed E-state index contributed by atoms with van der Waals surface area (Å²) in [5.74, 6) is -0.111. The molecule has 1 amide bonds. The molecule has 0 saturated carbocycles. The summed E-state index contributed by atoms with van der Waals surface area (Å²) < 4.78 is 0. The maximum atomic E-state index is 11.5. The van der Waals surface area contributed by atoms with Crippen molar-refractivity contribution in [3.05, 3.63) is 41.5 Å². The Balaban J connectivity index is 1.95. The fourth-order valence-corrected chi connectivity index (χ4v) is 1.30. The van der Waals surface area contributed by atoms with Gasteiger partial charge in [0.05, 0.1) is 6.20 Å². The van der Waals surface area contributed by atoms with E-state index < -0.39 is 0 Å². The summed E-state index contributed by atoms with van der Waals surface area (Å²) in [6.07, 6.45) is 3.43. The van der Waals surface area contributed by atoms with Crippen molar-refractivity contribution in [3.63, 3.8) is 0 Å². The largest absolute Gasteiger partial charge is 0.357 e. The summed E-state index contributed by atoms with van der Waals surface area (Å²) in [5.41, 5.74) is 2.54. The lowest BCUT2D eigenvalue weighted by Gasteiger charge is -2.02. The van der Waals surface area contributed by atoms with E-state index in [9.17, 15) is 4.79 Å². The van der Waals surface area contributed by atoms with E-state index in [1.807, 2.05) is 6.92 Å². The van der Waals surface area contributed by atoms with Crippen LogP contribution in [0.2, 0.25) is 0 Å². The molecule has 78 valence electrons. The normalized spacial score (nSPS) is 10.2. The minimum atomic E-state index is -0.111. The molecule has 0 atom stereocenters. The molecule has 0 unspecified atom stereocenters. The molecule has 3 N–H and O–H groups in total. The van der Waals surface area contributed by atoms with E-state index in [1.54, 1.807) is 24.5 Å². The molecule has 0 radical (unpaired) electrons. The number of amides is 1. The number of carbonyl (C=O) groups excluding carboxylic acids is 1. The smallest absolute Gasteiger partial charge is 0.267 e. The van der Waals surface area contributed by atoms with Gasteiger partial charge in [0, 0.05) is 24.0 Å². The Labute approximate surface area is 86.9 Å². The van der Waals surface area contributed by atoms with Crippen LogP contribution >= 0.6 is 0 Å². The number of nitrogens with one attached hydrogen (secondary N) is 3. The summed E-state index contributed by atoms with van der Waals surface area (Å²) in [5, 5.41) is 9.49. The molecule has 0 spiro atoms. The number of carbonyl (C=O) groups is 1. The Kier molecular flexibility index (Phi) is 2.53. The first-order chi connectivity index (χ1) is 7.27. The summed E-state index contributed by atoms with van der Waals surface area (Å²) in [6, 6.07) is 3.52. The van der Waals surface area contributed by atoms with Crippen molar-refractivity contribution in [2.75, 3.05) is 0 Å². The predicted octanol–water partition coefficient (Wildman–Crippen LogP) is 0.976. The van der Waals surface area contributed by atoms with Crippen molar-refractivity contribution in [2.45, 2.75) is 13.5 Å². The molecule has 2 aromatic heterocycles. The van der Waals surface area contributed by atoms with Gasteiger partial charge in [0.15, 0.2) is 0 Å². The van der Waals surface area contributed by atoms with Crippen LogP contribution in [0.25, 0.3) is 0 Å². The number of aromatic nitrogens is 3. The van der Waals surface area contributed by atoms with Crippen molar-refractivity contribution >= 4 is 5.91 Å². The number of aryl methyl sites for hydroxylation is 1. The van der Waals surface area contributed by atoms with Gasteiger partial charge in [0.1, 0.15) is 5.69 Å². The van der Waals surface area contributed by atoms with Crippen LogP contribution in [-0.4, -0.2) is 21.1 Å². The minimum Gasteiger partial charge on any atom is -0.357 e. The molecular formula is C10H12N4O. The van der Waals surface area contributed by atoms with Gasteiger partial charge in [-0.3, -0.25) is 9.89 Å². The monoisotopic (exact) mass is 204 g/mol. The van der Waals surface area contributed by atoms with Gasteiger partial charge >= 0.3 is 0 Å². The molecule has 0 fully saturated rings. The standard InChI is InChI=1S/C10H12N4O/c1-7-8(6-13-14-7)5-12-10(15)9-3-2-4-11-9/h2-4,6,11H,5H2,1H3,(H,12,15)(H,13,14). The molecule has 0 aliphatic heterocycles. The highest BCUT2D eigenvalue weighted by Crippen LogP contribution is 2.02. The molecule has 15 heavy (non-hydrogen) atoms. The van der Waals surface area contributed by atoms with E-state index in [4.69, 9.17) is 0 Å². The second-order valence-corrected chi connectivity index (χ2v) is 3.29. The highest BCUT2D eigenvalue weighted by Gasteiger charge is 2.06. The van der Waals surface area contributed by atoms with E-state index in [2.05, 4.69) is 20.5 Å². The fourth-order valence-electron chi connectivity index (χ4n) is 1.30. The van der Waals surface area contributed by atoms with Crippen LogP contribution in [0.4, 0.5) is 0 Å². The van der Waals surface area contributed by atoms with Crippen LogP contribution < -0.4 is 5.32 Å². The second kappa shape index (κ2) is 4.00. The highest BCUT2D eigenvalue weighted by molar-refractivity contribution is 5.92. The van der Waals surface area contributed by atoms with Crippen LogP contribution in [0, 0.1) is 6.92 Å². The van der Waals surface area contributed by atoms with E-state index in [1.165, 1.54) is 0 Å². The molecule has 2 rings (SSSR count). The average molecular weight is 204 g/mol. The molecule has 2 heterocycles. The van der Waals surface area contributed by atoms with Crippen molar-refractivity contribution < 1.29 is 4.79 Å². The first kappa shape index (κ1) is 9.51. The molecule has 0 saturated heterocycles. The molecule has 5 nitrogen and oxygen atoms in total. The van der Waals surface area contributed by atoms with E-state index in [0.29, 0.717) is 12.2 Å². The van der Waals surface area contributed by atoms with Gasteiger partial charge < -0.3 is 10.3 Å². The number of hydrogen-bond donors (Lipinski definition) is 3. The SMILES string of the molecule is Cc1[nH]ncc1CNC(=O)c1ccc[nH]1. The first-order valence-corrected chi connectivity index (χ1v) is 4.68. The number of aromatic amines is 2. The number of nitrogens with zero attached hydrogens (tertiary/aromatic N) is 1. The Morgan fingerprint density at radius 1 is 1.60 bits per heavy atom. The zero-order valence-corrected chi connectivity index (χ0v) is 8.37. The summed E-state index contributed by atoms with van der Waals surface area (Å²) in [4.78, 5) is 14.4. The molecule has 5 heteroatoms. The highest BCUT2D eigenvalue weighted by atomic mass is 16.1. The van der Waals surface area contributed by atoms with Crippen molar-refractivity contribution in [1.29, 1.82) is 0 Å². The van der Waals surface area contributed by atoms with Gasteiger partial charge in [-0.2, -0.15) is 5.10 Å². The average Bonchev–Trinajstić information content (AvgIpc) is 2.85. The molecule has 0 aromatic carbocycles. The van der Waals surface area contributed by atoms with Crippen molar-refractivity contribution in [3.8, 4) is 0 Å². The Bertz CT molecular complexity index is 444. The maximum Gasteiger partial charge on any atom is 0.267 e. The maximum absolute atomic E-state index is 11.5. The van der Waals surface area contributed by atoms with Crippen LogP contribution in [0.5, 0.6) is 0 Å². The summed E-state index contributed by atoms with van der Waals surface area (Å²) in [7, 11) is 0.